The molecule has 1 heterocycles. The highest BCUT2D eigenvalue weighted by Crippen LogP contribution is 2.30. The third-order valence-corrected chi connectivity index (χ3v) is 4.09. The largest absolute Gasteiger partial charge is 0.380 e. The first kappa shape index (κ1) is 11.4. The van der Waals surface area contributed by atoms with Crippen molar-refractivity contribution in [2.75, 3.05) is 20.2 Å². The molecule has 2 aliphatic rings. The van der Waals surface area contributed by atoms with Gasteiger partial charge in [-0.3, -0.25) is 4.90 Å². The molecule has 1 saturated carbocycles. The molecule has 1 aliphatic carbocycles. The van der Waals surface area contributed by atoms with Gasteiger partial charge in [-0.1, -0.05) is 12.8 Å². The Balaban J connectivity index is 1.99. The van der Waals surface area contributed by atoms with Crippen LogP contribution in [-0.2, 0) is 4.74 Å². The van der Waals surface area contributed by atoms with E-state index in [9.17, 15) is 0 Å². The highest BCUT2D eigenvalue weighted by atomic mass is 16.5. The first-order valence-corrected chi connectivity index (χ1v) is 6.35. The van der Waals surface area contributed by atoms with Gasteiger partial charge in [0.2, 0.25) is 0 Å². The van der Waals surface area contributed by atoms with Crippen molar-refractivity contribution < 1.29 is 4.74 Å². The van der Waals surface area contributed by atoms with Gasteiger partial charge in [-0.2, -0.15) is 0 Å². The molecular weight excluding hydrogens is 188 g/mol. The number of methoxy groups -OCH3 is 1. The van der Waals surface area contributed by atoms with Crippen molar-refractivity contribution in [3.05, 3.63) is 0 Å². The van der Waals surface area contributed by atoms with E-state index in [2.05, 4.69) is 4.90 Å². The van der Waals surface area contributed by atoms with Crippen molar-refractivity contribution in [1.29, 1.82) is 0 Å². The fourth-order valence-corrected chi connectivity index (χ4v) is 3.28. The second-order valence-electron chi connectivity index (χ2n) is 4.90. The minimum absolute atomic E-state index is 0.450. The van der Waals surface area contributed by atoms with Gasteiger partial charge in [0.15, 0.2) is 0 Å². The van der Waals surface area contributed by atoms with E-state index in [4.69, 9.17) is 10.5 Å². The summed E-state index contributed by atoms with van der Waals surface area (Å²) in [7, 11) is 1.86. The summed E-state index contributed by atoms with van der Waals surface area (Å²) in [5, 5.41) is 0. The normalized spacial score (nSPS) is 38.4. The lowest BCUT2D eigenvalue weighted by Gasteiger charge is -2.40. The second kappa shape index (κ2) is 5.28. The SMILES string of the molecule is COC1CCCCC1N1CCCC1CN. The Morgan fingerprint density at radius 2 is 2.00 bits per heavy atom. The number of hydrogen-bond acceptors (Lipinski definition) is 3. The Labute approximate surface area is 93.0 Å². The Morgan fingerprint density at radius 3 is 2.73 bits per heavy atom. The molecule has 0 aromatic carbocycles. The molecule has 88 valence electrons. The molecule has 0 aromatic rings. The number of ether oxygens (including phenoxy) is 1. The smallest absolute Gasteiger partial charge is 0.0726 e. The summed E-state index contributed by atoms with van der Waals surface area (Å²) in [6.45, 7) is 2.04. The van der Waals surface area contributed by atoms with Crippen LogP contribution in [0.5, 0.6) is 0 Å². The van der Waals surface area contributed by atoms with E-state index in [0.29, 0.717) is 18.2 Å². The molecule has 0 amide bonds. The van der Waals surface area contributed by atoms with Crippen LogP contribution in [0.4, 0.5) is 0 Å². The number of rotatable bonds is 3. The van der Waals surface area contributed by atoms with Gasteiger partial charge < -0.3 is 10.5 Å². The Kier molecular flexibility index (Phi) is 4.00. The predicted molar refractivity (Wildman–Crippen MR) is 61.8 cm³/mol. The summed E-state index contributed by atoms with van der Waals surface area (Å²) < 4.78 is 5.63. The zero-order chi connectivity index (χ0) is 10.7. The molecule has 0 spiro atoms. The maximum absolute atomic E-state index is 5.84. The maximum atomic E-state index is 5.84. The minimum Gasteiger partial charge on any atom is -0.380 e. The van der Waals surface area contributed by atoms with Crippen LogP contribution in [-0.4, -0.2) is 43.3 Å². The van der Waals surface area contributed by atoms with Gasteiger partial charge in [-0.25, -0.2) is 0 Å². The van der Waals surface area contributed by atoms with Gasteiger partial charge >= 0.3 is 0 Å². The molecule has 2 rings (SSSR count). The Bertz CT molecular complexity index is 198. The lowest BCUT2D eigenvalue weighted by molar-refractivity contribution is -0.0146. The lowest BCUT2D eigenvalue weighted by Crippen LogP contribution is -2.50. The minimum atomic E-state index is 0.450. The summed E-state index contributed by atoms with van der Waals surface area (Å²) >= 11 is 0. The molecule has 3 unspecified atom stereocenters. The van der Waals surface area contributed by atoms with Gasteiger partial charge in [-0.05, 0) is 32.2 Å². The Morgan fingerprint density at radius 1 is 1.20 bits per heavy atom. The predicted octanol–water partition coefficient (Wildman–Crippen LogP) is 1.37. The van der Waals surface area contributed by atoms with Crippen molar-refractivity contribution in [2.24, 2.45) is 5.73 Å². The van der Waals surface area contributed by atoms with Crippen LogP contribution in [0.15, 0.2) is 0 Å². The summed E-state index contributed by atoms with van der Waals surface area (Å²) in [5.41, 5.74) is 5.84. The van der Waals surface area contributed by atoms with Crippen LogP contribution in [0.25, 0.3) is 0 Å². The first-order chi connectivity index (χ1) is 7.36. The van der Waals surface area contributed by atoms with E-state index in [0.717, 1.165) is 6.54 Å². The second-order valence-corrected chi connectivity index (χ2v) is 4.90. The molecular formula is C12H24N2O. The van der Waals surface area contributed by atoms with E-state index in [1.807, 2.05) is 7.11 Å². The molecule has 0 bridgehead atoms. The molecule has 0 aromatic heterocycles. The number of likely N-dealkylation sites (tertiary alicyclic amines) is 1. The van der Waals surface area contributed by atoms with Gasteiger partial charge in [0.25, 0.3) is 0 Å². The van der Waals surface area contributed by atoms with Crippen LogP contribution in [0.2, 0.25) is 0 Å². The van der Waals surface area contributed by atoms with Crippen molar-refractivity contribution in [1.82, 2.24) is 4.90 Å². The fraction of sp³-hybridized carbons (Fsp3) is 1.00. The zero-order valence-corrected chi connectivity index (χ0v) is 9.82. The van der Waals surface area contributed by atoms with Gasteiger partial charge in [-0.15, -0.1) is 0 Å². The number of hydrogen-bond donors (Lipinski definition) is 1. The molecule has 1 saturated heterocycles. The molecule has 15 heavy (non-hydrogen) atoms. The first-order valence-electron chi connectivity index (χ1n) is 6.35. The fourth-order valence-electron chi connectivity index (χ4n) is 3.28. The quantitative estimate of drug-likeness (QED) is 0.768. The lowest BCUT2D eigenvalue weighted by atomic mass is 9.90. The van der Waals surface area contributed by atoms with Crippen molar-refractivity contribution in [3.63, 3.8) is 0 Å². The van der Waals surface area contributed by atoms with Crippen LogP contribution in [0, 0.1) is 0 Å². The zero-order valence-electron chi connectivity index (χ0n) is 9.82. The topological polar surface area (TPSA) is 38.5 Å². The standard InChI is InChI=1S/C12H24N2O/c1-15-12-7-3-2-6-11(12)14-8-4-5-10(14)9-13/h10-12H,2-9,13H2,1H3. The van der Waals surface area contributed by atoms with E-state index >= 15 is 0 Å². The van der Waals surface area contributed by atoms with Crippen LogP contribution in [0.1, 0.15) is 38.5 Å². The average molecular weight is 212 g/mol. The van der Waals surface area contributed by atoms with E-state index in [1.165, 1.54) is 45.1 Å². The van der Waals surface area contributed by atoms with E-state index < -0.39 is 0 Å². The van der Waals surface area contributed by atoms with Crippen LogP contribution >= 0.6 is 0 Å². The maximum Gasteiger partial charge on any atom is 0.0726 e. The number of nitrogens with zero attached hydrogens (tertiary/aromatic N) is 1. The van der Waals surface area contributed by atoms with Crippen LogP contribution < -0.4 is 5.73 Å². The number of nitrogens with two attached hydrogens (primary N) is 1. The third kappa shape index (κ3) is 2.35. The van der Waals surface area contributed by atoms with Crippen molar-refractivity contribution >= 4 is 0 Å². The van der Waals surface area contributed by atoms with Gasteiger partial charge in [0.1, 0.15) is 0 Å². The highest BCUT2D eigenvalue weighted by molar-refractivity contribution is 4.91. The van der Waals surface area contributed by atoms with Gasteiger partial charge in [0.05, 0.1) is 6.10 Å². The summed E-state index contributed by atoms with van der Waals surface area (Å²) in [5.74, 6) is 0. The summed E-state index contributed by atoms with van der Waals surface area (Å²) in [4.78, 5) is 2.62. The molecule has 3 atom stereocenters. The average Bonchev–Trinajstić information content (AvgIpc) is 2.76. The monoisotopic (exact) mass is 212 g/mol. The molecule has 2 N–H and O–H groups in total. The van der Waals surface area contributed by atoms with Gasteiger partial charge in [0, 0.05) is 25.7 Å². The molecule has 2 fully saturated rings. The Hall–Kier alpha value is -0.120. The molecule has 3 heteroatoms. The van der Waals surface area contributed by atoms with Crippen molar-refractivity contribution in [3.8, 4) is 0 Å². The molecule has 0 radical (unpaired) electrons. The van der Waals surface area contributed by atoms with Crippen molar-refractivity contribution in [2.45, 2.75) is 56.7 Å². The van der Waals surface area contributed by atoms with E-state index in [1.54, 1.807) is 0 Å². The third-order valence-electron chi connectivity index (χ3n) is 4.09. The highest BCUT2D eigenvalue weighted by Gasteiger charge is 2.35. The summed E-state index contributed by atoms with van der Waals surface area (Å²) in [6, 6.07) is 1.26. The van der Waals surface area contributed by atoms with E-state index in [-0.39, 0.29) is 0 Å². The molecule has 1 aliphatic heterocycles. The van der Waals surface area contributed by atoms with Crippen LogP contribution in [0.3, 0.4) is 0 Å². The summed E-state index contributed by atoms with van der Waals surface area (Å²) in [6.07, 6.45) is 8.27. The molecule has 3 nitrogen and oxygen atoms in total.